The second-order valence-corrected chi connectivity index (χ2v) is 4.14. The van der Waals surface area contributed by atoms with Crippen molar-refractivity contribution in [1.82, 2.24) is 0 Å². The van der Waals surface area contributed by atoms with Crippen LogP contribution in [0.15, 0.2) is 30.3 Å². The molecule has 0 heterocycles. The lowest BCUT2D eigenvalue weighted by molar-refractivity contribution is -0.0290. The fourth-order valence-electron chi connectivity index (χ4n) is 1.63. The molecule has 2 atom stereocenters. The Morgan fingerprint density at radius 2 is 1.88 bits per heavy atom. The van der Waals surface area contributed by atoms with Crippen LogP contribution in [0.4, 0.5) is 0 Å². The van der Waals surface area contributed by atoms with E-state index >= 15 is 0 Å². The number of hydrogen-bond acceptors (Lipinski definition) is 2. The van der Waals surface area contributed by atoms with Crippen LogP contribution in [0.2, 0.25) is 0 Å². The van der Waals surface area contributed by atoms with Crippen molar-refractivity contribution in [3.63, 3.8) is 0 Å². The van der Waals surface area contributed by atoms with E-state index in [-0.39, 0.29) is 6.10 Å². The predicted molar refractivity (Wildman–Crippen MR) is 66.3 cm³/mol. The van der Waals surface area contributed by atoms with Gasteiger partial charge in [0, 0.05) is 6.61 Å². The molecule has 0 fully saturated rings. The molecule has 0 radical (unpaired) electrons. The number of unbranched alkanes of at least 4 members (excludes halogenated alkanes) is 2. The number of aliphatic hydroxyl groups excluding tert-OH is 1. The zero-order valence-corrected chi connectivity index (χ0v) is 10.2. The lowest BCUT2D eigenvalue weighted by atomic mass is 10.1. The average Bonchev–Trinajstić information content (AvgIpc) is 2.34. The summed E-state index contributed by atoms with van der Waals surface area (Å²) in [4.78, 5) is 0. The molecule has 2 unspecified atom stereocenters. The third kappa shape index (κ3) is 4.33. The summed E-state index contributed by atoms with van der Waals surface area (Å²) in [5, 5.41) is 10.0. The number of hydrogen-bond donors (Lipinski definition) is 1. The van der Waals surface area contributed by atoms with Crippen molar-refractivity contribution in [3.8, 4) is 0 Å². The summed E-state index contributed by atoms with van der Waals surface area (Å²) in [5.41, 5.74) is 0.922. The molecule has 1 aromatic rings. The topological polar surface area (TPSA) is 29.5 Å². The van der Waals surface area contributed by atoms with Crippen LogP contribution in [0.3, 0.4) is 0 Å². The molecule has 1 N–H and O–H groups in total. The predicted octanol–water partition coefficient (Wildman–Crippen LogP) is 3.32. The Labute approximate surface area is 98.3 Å². The minimum absolute atomic E-state index is 0.140. The first-order chi connectivity index (χ1) is 7.75. The molecule has 2 heteroatoms. The van der Waals surface area contributed by atoms with E-state index in [1.807, 2.05) is 37.3 Å². The molecular weight excluding hydrogens is 200 g/mol. The van der Waals surface area contributed by atoms with Gasteiger partial charge in [-0.3, -0.25) is 0 Å². The van der Waals surface area contributed by atoms with Gasteiger partial charge in [0.25, 0.3) is 0 Å². The summed E-state index contributed by atoms with van der Waals surface area (Å²) < 4.78 is 5.61. The van der Waals surface area contributed by atoms with Gasteiger partial charge >= 0.3 is 0 Å². The highest BCUT2D eigenvalue weighted by Gasteiger charge is 2.15. The van der Waals surface area contributed by atoms with Gasteiger partial charge in [-0.1, -0.05) is 50.1 Å². The lowest BCUT2D eigenvalue weighted by Crippen LogP contribution is -2.19. The summed E-state index contributed by atoms with van der Waals surface area (Å²) in [6.07, 6.45) is 2.79. The molecule has 0 aliphatic rings. The molecule has 16 heavy (non-hydrogen) atoms. The third-order valence-electron chi connectivity index (χ3n) is 2.71. The van der Waals surface area contributed by atoms with Crippen LogP contribution >= 0.6 is 0 Å². The summed E-state index contributed by atoms with van der Waals surface area (Å²) in [6, 6.07) is 9.67. The Kier molecular flexibility index (Phi) is 6.12. The Bertz CT molecular complexity index is 271. The average molecular weight is 222 g/mol. The van der Waals surface area contributed by atoms with Crippen molar-refractivity contribution in [3.05, 3.63) is 35.9 Å². The molecule has 1 rings (SSSR count). The maximum atomic E-state index is 10.0. The van der Waals surface area contributed by atoms with E-state index < -0.39 is 6.10 Å². The first-order valence-electron chi connectivity index (χ1n) is 6.10. The maximum Gasteiger partial charge on any atom is 0.105 e. The van der Waals surface area contributed by atoms with Crippen molar-refractivity contribution in [1.29, 1.82) is 0 Å². The van der Waals surface area contributed by atoms with Gasteiger partial charge in [0.2, 0.25) is 0 Å². The molecule has 0 saturated carbocycles. The van der Waals surface area contributed by atoms with Crippen LogP contribution < -0.4 is 0 Å². The second-order valence-electron chi connectivity index (χ2n) is 4.14. The Morgan fingerprint density at radius 3 is 2.50 bits per heavy atom. The van der Waals surface area contributed by atoms with Crippen LogP contribution in [-0.4, -0.2) is 17.8 Å². The Hall–Kier alpha value is -0.860. The van der Waals surface area contributed by atoms with Crippen LogP contribution in [-0.2, 0) is 4.74 Å². The van der Waals surface area contributed by atoms with Crippen LogP contribution in [0.25, 0.3) is 0 Å². The minimum Gasteiger partial charge on any atom is -0.386 e. The van der Waals surface area contributed by atoms with Gasteiger partial charge in [-0.15, -0.1) is 0 Å². The molecule has 0 aromatic heterocycles. The van der Waals surface area contributed by atoms with Crippen molar-refractivity contribution in [2.24, 2.45) is 0 Å². The van der Waals surface area contributed by atoms with E-state index in [0.717, 1.165) is 18.6 Å². The fourth-order valence-corrected chi connectivity index (χ4v) is 1.63. The van der Waals surface area contributed by atoms with Gasteiger partial charge in [-0.25, -0.2) is 0 Å². The molecule has 1 aromatic carbocycles. The van der Waals surface area contributed by atoms with E-state index in [1.54, 1.807) is 0 Å². The molecule has 0 aliphatic heterocycles. The van der Waals surface area contributed by atoms with E-state index in [1.165, 1.54) is 12.8 Å². The number of ether oxygens (including phenoxy) is 1. The van der Waals surface area contributed by atoms with E-state index in [2.05, 4.69) is 6.92 Å². The highest BCUT2D eigenvalue weighted by molar-refractivity contribution is 5.18. The summed E-state index contributed by atoms with van der Waals surface area (Å²) in [7, 11) is 0. The molecule has 0 saturated heterocycles. The van der Waals surface area contributed by atoms with Gasteiger partial charge in [0.05, 0.1) is 6.10 Å². The largest absolute Gasteiger partial charge is 0.386 e. The first kappa shape index (κ1) is 13.2. The highest BCUT2D eigenvalue weighted by Crippen LogP contribution is 2.18. The molecular formula is C14H22O2. The number of aliphatic hydroxyl groups is 1. The van der Waals surface area contributed by atoms with E-state index in [4.69, 9.17) is 4.74 Å². The molecule has 0 bridgehead atoms. The molecule has 90 valence electrons. The number of rotatable bonds is 7. The third-order valence-corrected chi connectivity index (χ3v) is 2.71. The monoisotopic (exact) mass is 222 g/mol. The van der Waals surface area contributed by atoms with Gasteiger partial charge < -0.3 is 9.84 Å². The zero-order chi connectivity index (χ0) is 11.8. The Morgan fingerprint density at radius 1 is 1.19 bits per heavy atom. The van der Waals surface area contributed by atoms with Crippen LogP contribution in [0, 0.1) is 0 Å². The smallest absolute Gasteiger partial charge is 0.105 e. The Balaban J connectivity index is 2.33. The molecule has 2 nitrogen and oxygen atoms in total. The summed E-state index contributed by atoms with van der Waals surface area (Å²) in [6.45, 7) is 4.82. The molecule has 0 spiro atoms. The zero-order valence-electron chi connectivity index (χ0n) is 10.2. The van der Waals surface area contributed by atoms with Gasteiger partial charge in [-0.2, -0.15) is 0 Å². The summed E-state index contributed by atoms with van der Waals surface area (Å²) >= 11 is 0. The normalized spacial score (nSPS) is 14.7. The molecule has 0 aliphatic carbocycles. The fraction of sp³-hybridized carbons (Fsp3) is 0.571. The number of benzene rings is 1. The maximum absolute atomic E-state index is 10.0. The lowest BCUT2D eigenvalue weighted by Gasteiger charge is -2.19. The van der Waals surface area contributed by atoms with Crippen molar-refractivity contribution < 1.29 is 9.84 Å². The summed E-state index contributed by atoms with van der Waals surface area (Å²) in [5.74, 6) is 0. The van der Waals surface area contributed by atoms with E-state index in [9.17, 15) is 5.11 Å². The van der Waals surface area contributed by atoms with Crippen LogP contribution in [0.1, 0.15) is 44.8 Å². The van der Waals surface area contributed by atoms with E-state index in [0.29, 0.717) is 0 Å². The van der Waals surface area contributed by atoms with Crippen molar-refractivity contribution in [2.45, 2.75) is 45.3 Å². The van der Waals surface area contributed by atoms with Gasteiger partial charge in [-0.05, 0) is 18.9 Å². The first-order valence-corrected chi connectivity index (χ1v) is 6.10. The van der Waals surface area contributed by atoms with Crippen molar-refractivity contribution in [2.75, 3.05) is 6.61 Å². The van der Waals surface area contributed by atoms with Gasteiger partial charge in [0.15, 0.2) is 0 Å². The van der Waals surface area contributed by atoms with Crippen molar-refractivity contribution >= 4 is 0 Å². The highest BCUT2D eigenvalue weighted by atomic mass is 16.5. The second kappa shape index (κ2) is 7.42. The molecule has 0 amide bonds. The van der Waals surface area contributed by atoms with Crippen LogP contribution in [0.5, 0.6) is 0 Å². The SMILES string of the molecule is CCCCCOC(C)C(O)c1ccccc1. The standard InChI is InChI=1S/C14H22O2/c1-3-4-8-11-16-12(2)14(15)13-9-6-5-7-10-13/h5-7,9-10,12,14-15H,3-4,8,11H2,1-2H3. The minimum atomic E-state index is -0.525. The quantitative estimate of drug-likeness (QED) is 0.717. The van der Waals surface area contributed by atoms with Gasteiger partial charge in [0.1, 0.15) is 6.10 Å².